The van der Waals surface area contributed by atoms with Gasteiger partial charge in [0.2, 0.25) is 0 Å². The summed E-state index contributed by atoms with van der Waals surface area (Å²) in [6.45, 7) is 2.06. The summed E-state index contributed by atoms with van der Waals surface area (Å²) in [6.07, 6.45) is 4.42. The first kappa shape index (κ1) is 20.0. The van der Waals surface area contributed by atoms with Gasteiger partial charge in [-0.1, -0.05) is 57.5 Å². The number of hydrogen-bond acceptors (Lipinski definition) is 4. The summed E-state index contributed by atoms with van der Waals surface area (Å²) in [5.41, 5.74) is 4.58. The van der Waals surface area contributed by atoms with E-state index in [1.165, 1.54) is 28.0 Å². The van der Waals surface area contributed by atoms with Gasteiger partial charge in [0.15, 0.2) is 5.16 Å². The van der Waals surface area contributed by atoms with Crippen LogP contribution in [0, 0.1) is 6.92 Å². The van der Waals surface area contributed by atoms with Gasteiger partial charge in [-0.2, -0.15) is 0 Å². The second-order valence-corrected chi connectivity index (χ2v) is 10.6. The summed E-state index contributed by atoms with van der Waals surface area (Å²) in [6, 6.07) is 16.5. The van der Waals surface area contributed by atoms with Crippen molar-refractivity contribution in [3.05, 3.63) is 84.9 Å². The van der Waals surface area contributed by atoms with Crippen molar-refractivity contribution in [1.29, 1.82) is 0 Å². The highest BCUT2D eigenvalue weighted by Gasteiger charge is 2.22. The minimum Gasteiger partial charge on any atom is -0.268 e. The number of hydrogen-bond donors (Lipinski definition) is 0. The molecule has 1 aliphatic rings. The van der Waals surface area contributed by atoms with E-state index in [2.05, 4.69) is 47.1 Å². The summed E-state index contributed by atoms with van der Waals surface area (Å²) in [7, 11) is 0. The standard InChI is InChI=1S/C24H21BrN2OS2/c1-15-6-12-18(13-7-15)27-23(28)21-19-4-2-3-5-20(19)30-22(21)26-24(27)29-14-16-8-10-17(25)11-9-16/h6-13H,2-5,14H2,1H3. The molecule has 0 unspecified atom stereocenters. The fourth-order valence-corrected chi connectivity index (χ4v) is 6.47. The van der Waals surface area contributed by atoms with Gasteiger partial charge in [0, 0.05) is 15.1 Å². The molecule has 0 amide bonds. The summed E-state index contributed by atoms with van der Waals surface area (Å²) in [5, 5.41) is 1.60. The molecule has 0 N–H and O–H groups in total. The van der Waals surface area contributed by atoms with E-state index in [1.807, 2.05) is 28.8 Å². The topological polar surface area (TPSA) is 34.9 Å². The lowest BCUT2D eigenvalue weighted by Crippen LogP contribution is -2.22. The zero-order valence-corrected chi connectivity index (χ0v) is 19.9. The Morgan fingerprint density at radius 3 is 2.57 bits per heavy atom. The lowest BCUT2D eigenvalue weighted by Gasteiger charge is -2.14. The molecule has 0 bridgehead atoms. The average Bonchev–Trinajstić information content (AvgIpc) is 3.13. The molecule has 5 rings (SSSR count). The van der Waals surface area contributed by atoms with Gasteiger partial charge in [-0.3, -0.25) is 9.36 Å². The maximum atomic E-state index is 13.7. The number of thiophene rings is 1. The number of thioether (sulfide) groups is 1. The Kier molecular flexibility index (Phi) is 5.56. The molecule has 0 saturated carbocycles. The van der Waals surface area contributed by atoms with Gasteiger partial charge < -0.3 is 0 Å². The second-order valence-electron chi connectivity index (χ2n) is 7.68. The fourth-order valence-electron chi connectivity index (χ4n) is 3.93. The predicted octanol–water partition coefficient (Wildman–Crippen LogP) is 6.69. The van der Waals surface area contributed by atoms with E-state index >= 15 is 0 Å². The molecule has 3 nitrogen and oxygen atoms in total. The van der Waals surface area contributed by atoms with Crippen LogP contribution in [0.2, 0.25) is 0 Å². The van der Waals surface area contributed by atoms with E-state index in [-0.39, 0.29) is 5.56 Å². The van der Waals surface area contributed by atoms with Crippen LogP contribution in [0.15, 0.2) is 63.0 Å². The zero-order valence-electron chi connectivity index (χ0n) is 16.7. The molecule has 152 valence electrons. The van der Waals surface area contributed by atoms with E-state index in [0.29, 0.717) is 0 Å². The van der Waals surface area contributed by atoms with Crippen molar-refractivity contribution in [2.45, 2.75) is 43.5 Å². The summed E-state index contributed by atoms with van der Waals surface area (Å²) in [5.74, 6) is 0.766. The zero-order chi connectivity index (χ0) is 20.7. The van der Waals surface area contributed by atoms with Crippen LogP contribution in [0.4, 0.5) is 0 Å². The fraction of sp³-hybridized carbons (Fsp3) is 0.250. The third-order valence-electron chi connectivity index (χ3n) is 5.53. The van der Waals surface area contributed by atoms with Gasteiger partial charge in [-0.15, -0.1) is 11.3 Å². The van der Waals surface area contributed by atoms with Crippen LogP contribution in [-0.4, -0.2) is 9.55 Å². The lowest BCUT2D eigenvalue weighted by molar-refractivity contribution is 0.699. The number of benzene rings is 2. The molecule has 6 heteroatoms. The minimum absolute atomic E-state index is 0.0709. The van der Waals surface area contributed by atoms with Crippen LogP contribution in [-0.2, 0) is 18.6 Å². The lowest BCUT2D eigenvalue weighted by atomic mass is 9.97. The second kappa shape index (κ2) is 8.33. The molecule has 0 spiro atoms. The maximum absolute atomic E-state index is 13.7. The Bertz CT molecular complexity index is 1270. The smallest absolute Gasteiger partial charge is 0.267 e. The average molecular weight is 497 g/mol. The normalized spacial score (nSPS) is 13.5. The number of aryl methyl sites for hydroxylation is 3. The Morgan fingerprint density at radius 1 is 1.07 bits per heavy atom. The van der Waals surface area contributed by atoms with Crippen molar-refractivity contribution in [2.24, 2.45) is 0 Å². The van der Waals surface area contributed by atoms with Crippen molar-refractivity contribution >= 4 is 49.2 Å². The summed E-state index contributed by atoms with van der Waals surface area (Å²) in [4.78, 5) is 21.0. The first-order valence-electron chi connectivity index (χ1n) is 10.1. The predicted molar refractivity (Wildman–Crippen MR) is 130 cm³/mol. The molecule has 0 fully saturated rings. The molecule has 0 radical (unpaired) electrons. The van der Waals surface area contributed by atoms with Crippen molar-refractivity contribution in [1.82, 2.24) is 9.55 Å². The number of nitrogens with zero attached hydrogens (tertiary/aromatic N) is 2. The first-order valence-corrected chi connectivity index (χ1v) is 12.7. The van der Waals surface area contributed by atoms with Crippen molar-refractivity contribution in [2.75, 3.05) is 0 Å². The highest BCUT2D eigenvalue weighted by molar-refractivity contribution is 9.10. The van der Waals surface area contributed by atoms with E-state index in [4.69, 9.17) is 4.98 Å². The van der Waals surface area contributed by atoms with Gasteiger partial charge in [0.25, 0.3) is 5.56 Å². The molecular weight excluding hydrogens is 476 g/mol. The maximum Gasteiger partial charge on any atom is 0.267 e. The Balaban J connectivity index is 1.65. The molecule has 2 heterocycles. The number of halogens is 1. The van der Waals surface area contributed by atoms with Gasteiger partial charge >= 0.3 is 0 Å². The quantitative estimate of drug-likeness (QED) is 0.233. The van der Waals surface area contributed by atoms with Crippen LogP contribution in [0.1, 0.15) is 34.4 Å². The van der Waals surface area contributed by atoms with Crippen LogP contribution < -0.4 is 5.56 Å². The third-order valence-corrected chi connectivity index (χ3v) is 8.26. The molecule has 0 atom stereocenters. The molecule has 4 aromatic rings. The van der Waals surface area contributed by atoms with Crippen molar-refractivity contribution < 1.29 is 0 Å². The third kappa shape index (κ3) is 3.77. The molecule has 0 saturated heterocycles. The Morgan fingerprint density at radius 2 is 1.80 bits per heavy atom. The van der Waals surface area contributed by atoms with E-state index < -0.39 is 0 Å². The van der Waals surface area contributed by atoms with Crippen LogP contribution >= 0.6 is 39.0 Å². The minimum atomic E-state index is 0.0709. The van der Waals surface area contributed by atoms with Crippen LogP contribution in [0.3, 0.4) is 0 Å². The molecule has 1 aliphatic carbocycles. The van der Waals surface area contributed by atoms with Crippen molar-refractivity contribution in [3.8, 4) is 5.69 Å². The molecule has 0 aliphatic heterocycles. The van der Waals surface area contributed by atoms with Gasteiger partial charge in [0.05, 0.1) is 11.1 Å². The van der Waals surface area contributed by atoms with Gasteiger partial charge in [-0.05, 0) is 68.0 Å². The van der Waals surface area contributed by atoms with Crippen LogP contribution in [0.5, 0.6) is 0 Å². The highest BCUT2D eigenvalue weighted by Crippen LogP contribution is 2.35. The molecule has 2 aromatic heterocycles. The highest BCUT2D eigenvalue weighted by atomic mass is 79.9. The van der Waals surface area contributed by atoms with E-state index in [0.717, 1.165) is 50.5 Å². The molecule has 2 aromatic carbocycles. The van der Waals surface area contributed by atoms with E-state index in [9.17, 15) is 4.79 Å². The number of rotatable bonds is 4. The summed E-state index contributed by atoms with van der Waals surface area (Å²) >= 11 is 6.83. The van der Waals surface area contributed by atoms with Crippen molar-refractivity contribution in [3.63, 3.8) is 0 Å². The monoisotopic (exact) mass is 496 g/mol. The molecular formula is C24H21BrN2OS2. The number of fused-ring (bicyclic) bond motifs is 3. The first-order chi connectivity index (χ1) is 14.6. The largest absolute Gasteiger partial charge is 0.268 e. The van der Waals surface area contributed by atoms with Gasteiger partial charge in [-0.25, -0.2) is 4.98 Å². The number of aromatic nitrogens is 2. The summed E-state index contributed by atoms with van der Waals surface area (Å²) < 4.78 is 2.88. The van der Waals surface area contributed by atoms with Crippen LogP contribution in [0.25, 0.3) is 15.9 Å². The Hall–Kier alpha value is -1.89. The van der Waals surface area contributed by atoms with Gasteiger partial charge in [0.1, 0.15) is 4.83 Å². The molecule has 30 heavy (non-hydrogen) atoms. The van der Waals surface area contributed by atoms with E-state index in [1.54, 1.807) is 23.1 Å². The SMILES string of the molecule is Cc1ccc(-n2c(SCc3ccc(Br)cc3)nc3sc4c(c3c2=O)CCCC4)cc1. The Labute approximate surface area is 192 Å².